The van der Waals surface area contributed by atoms with Gasteiger partial charge < -0.3 is 14.4 Å². The molecule has 0 unspecified atom stereocenters. The number of rotatable bonds is 4. The van der Waals surface area contributed by atoms with Crippen molar-refractivity contribution in [3.05, 3.63) is 0 Å². The summed E-state index contributed by atoms with van der Waals surface area (Å²) >= 11 is 0. The summed E-state index contributed by atoms with van der Waals surface area (Å²) < 4.78 is 9.48. The molecule has 0 aliphatic carbocycles. The van der Waals surface area contributed by atoms with Crippen LogP contribution in [0.1, 0.15) is 26.7 Å². The van der Waals surface area contributed by atoms with Crippen LogP contribution in [-0.4, -0.2) is 42.6 Å². The van der Waals surface area contributed by atoms with E-state index in [0.29, 0.717) is 13.0 Å². The molecule has 100 valence electrons. The topological polar surface area (TPSA) is 79.6 Å². The molecule has 6 heteroatoms. The zero-order valence-corrected chi connectivity index (χ0v) is 10.9. The molecule has 1 saturated heterocycles. The van der Waals surface area contributed by atoms with Crippen molar-refractivity contribution in [3.63, 3.8) is 0 Å². The van der Waals surface area contributed by atoms with Crippen molar-refractivity contribution >= 4 is 11.9 Å². The van der Waals surface area contributed by atoms with Gasteiger partial charge in [-0.1, -0.05) is 13.8 Å². The molecule has 0 aromatic rings. The summed E-state index contributed by atoms with van der Waals surface area (Å²) in [6.07, 6.45) is 2.06. The minimum absolute atomic E-state index is 0.129. The van der Waals surface area contributed by atoms with Gasteiger partial charge in [0.2, 0.25) is 0 Å². The number of amides is 1. The molecular formula is C12H18N2O4. The maximum Gasteiger partial charge on any atom is 0.328 e. The molecule has 2 atom stereocenters. The molecule has 1 amide bonds. The van der Waals surface area contributed by atoms with Gasteiger partial charge in [0.1, 0.15) is 6.04 Å². The fraction of sp³-hybridized carbons (Fsp3) is 0.750. The van der Waals surface area contributed by atoms with Gasteiger partial charge in [-0.05, 0) is 12.8 Å². The van der Waals surface area contributed by atoms with Crippen molar-refractivity contribution in [2.24, 2.45) is 5.92 Å². The van der Waals surface area contributed by atoms with Crippen LogP contribution in [0.15, 0.2) is 0 Å². The third kappa shape index (κ3) is 2.92. The first kappa shape index (κ1) is 14.3. The second-order valence-corrected chi connectivity index (χ2v) is 4.59. The lowest BCUT2D eigenvalue weighted by molar-refractivity contribution is -0.155. The van der Waals surface area contributed by atoms with Crippen molar-refractivity contribution in [2.75, 3.05) is 13.7 Å². The molecule has 0 radical (unpaired) electrons. The van der Waals surface area contributed by atoms with Gasteiger partial charge in [0.05, 0.1) is 7.11 Å². The van der Waals surface area contributed by atoms with Gasteiger partial charge in [0, 0.05) is 12.5 Å². The van der Waals surface area contributed by atoms with E-state index in [1.165, 1.54) is 12.0 Å². The van der Waals surface area contributed by atoms with Crippen LogP contribution in [0, 0.1) is 17.4 Å². The average Bonchev–Trinajstić information content (AvgIpc) is 2.82. The molecule has 1 aliphatic rings. The molecule has 0 N–H and O–H groups in total. The first-order valence-electron chi connectivity index (χ1n) is 5.96. The summed E-state index contributed by atoms with van der Waals surface area (Å²) in [6, 6.07) is -0.550. The van der Waals surface area contributed by atoms with Gasteiger partial charge in [-0.3, -0.25) is 4.79 Å². The molecular weight excluding hydrogens is 236 g/mol. The standard InChI is InChI=1S/C12H18N2O4/c1-8(2)10(18-7-13)11(15)14-6-4-5-9(14)12(16)17-3/h8-10H,4-6H2,1-3H3/t9-,10-/m0/s1. The minimum atomic E-state index is -0.833. The fourth-order valence-electron chi connectivity index (χ4n) is 2.10. The number of likely N-dealkylation sites (tertiary alicyclic amines) is 1. The zero-order valence-electron chi connectivity index (χ0n) is 10.9. The molecule has 0 spiro atoms. The molecule has 0 saturated carbocycles. The third-order valence-electron chi connectivity index (χ3n) is 3.04. The second-order valence-electron chi connectivity index (χ2n) is 4.59. The molecule has 18 heavy (non-hydrogen) atoms. The SMILES string of the molecule is COC(=O)[C@@H]1CCCN1C(=O)[C@@H](OC#N)C(C)C. The number of carbonyl (C=O) groups is 2. The van der Waals surface area contributed by atoms with E-state index in [1.54, 1.807) is 20.1 Å². The van der Waals surface area contributed by atoms with Crippen LogP contribution in [0.4, 0.5) is 0 Å². The van der Waals surface area contributed by atoms with E-state index in [9.17, 15) is 9.59 Å². The van der Waals surface area contributed by atoms with Crippen molar-refractivity contribution in [1.82, 2.24) is 4.90 Å². The quantitative estimate of drug-likeness (QED) is 0.544. The Morgan fingerprint density at radius 2 is 2.11 bits per heavy atom. The van der Waals surface area contributed by atoms with Gasteiger partial charge in [-0.15, -0.1) is 0 Å². The number of nitriles is 1. The van der Waals surface area contributed by atoms with E-state index in [4.69, 9.17) is 10.00 Å². The molecule has 1 heterocycles. The first-order valence-corrected chi connectivity index (χ1v) is 5.96. The van der Waals surface area contributed by atoms with Crippen LogP contribution < -0.4 is 0 Å². The summed E-state index contributed by atoms with van der Waals surface area (Å²) in [5, 5.41) is 8.56. The Kier molecular flexibility index (Phi) is 4.95. The summed E-state index contributed by atoms with van der Waals surface area (Å²) in [7, 11) is 1.30. The van der Waals surface area contributed by atoms with Crippen LogP contribution in [0.5, 0.6) is 0 Å². The van der Waals surface area contributed by atoms with E-state index in [2.05, 4.69) is 4.74 Å². The van der Waals surface area contributed by atoms with E-state index >= 15 is 0 Å². The van der Waals surface area contributed by atoms with Crippen molar-refractivity contribution in [3.8, 4) is 6.26 Å². The van der Waals surface area contributed by atoms with E-state index in [-0.39, 0.29) is 11.8 Å². The number of nitrogens with zero attached hydrogens (tertiary/aromatic N) is 2. The number of hydrogen-bond acceptors (Lipinski definition) is 5. The van der Waals surface area contributed by atoms with Gasteiger partial charge in [0.25, 0.3) is 12.2 Å². The Morgan fingerprint density at radius 3 is 2.61 bits per heavy atom. The van der Waals surface area contributed by atoms with E-state index in [1.807, 2.05) is 0 Å². The van der Waals surface area contributed by atoms with Crippen LogP contribution in [-0.2, 0) is 19.1 Å². The predicted octanol–water partition coefficient (Wildman–Crippen LogP) is 0.673. The highest BCUT2D eigenvalue weighted by atomic mass is 16.5. The lowest BCUT2D eigenvalue weighted by Crippen LogP contribution is -2.47. The molecule has 0 aromatic heterocycles. The number of hydrogen-bond donors (Lipinski definition) is 0. The van der Waals surface area contributed by atoms with Gasteiger partial charge in [0.15, 0.2) is 6.10 Å². The Morgan fingerprint density at radius 1 is 1.44 bits per heavy atom. The van der Waals surface area contributed by atoms with Gasteiger partial charge in [-0.25, -0.2) is 4.79 Å². The number of esters is 1. The van der Waals surface area contributed by atoms with E-state index in [0.717, 1.165) is 6.42 Å². The highest BCUT2D eigenvalue weighted by Crippen LogP contribution is 2.22. The summed E-state index contributed by atoms with van der Waals surface area (Å²) in [4.78, 5) is 25.3. The lowest BCUT2D eigenvalue weighted by Gasteiger charge is -2.27. The molecule has 0 bridgehead atoms. The first-order chi connectivity index (χ1) is 8.52. The summed E-state index contributed by atoms with van der Waals surface area (Å²) in [6.45, 7) is 4.09. The lowest BCUT2D eigenvalue weighted by atomic mass is 10.1. The monoisotopic (exact) mass is 254 g/mol. The summed E-state index contributed by atoms with van der Waals surface area (Å²) in [5.74, 6) is -0.865. The normalized spacial score (nSPS) is 20.4. The van der Waals surface area contributed by atoms with Gasteiger partial charge >= 0.3 is 5.97 Å². The van der Waals surface area contributed by atoms with Crippen LogP contribution in [0.3, 0.4) is 0 Å². The summed E-state index contributed by atoms with van der Waals surface area (Å²) in [5.41, 5.74) is 0. The largest absolute Gasteiger partial charge is 0.467 e. The minimum Gasteiger partial charge on any atom is -0.467 e. The predicted molar refractivity (Wildman–Crippen MR) is 62.1 cm³/mol. The molecule has 1 fully saturated rings. The van der Waals surface area contributed by atoms with E-state index < -0.39 is 18.1 Å². The molecule has 1 rings (SSSR count). The highest BCUT2D eigenvalue weighted by Gasteiger charge is 2.39. The fourth-order valence-corrected chi connectivity index (χ4v) is 2.10. The van der Waals surface area contributed by atoms with Crippen molar-refractivity contribution < 1.29 is 19.1 Å². The molecule has 1 aliphatic heterocycles. The van der Waals surface area contributed by atoms with Crippen molar-refractivity contribution in [2.45, 2.75) is 38.8 Å². The Balaban J connectivity index is 2.81. The third-order valence-corrected chi connectivity index (χ3v) is 3.04. The zero-order chi connectivity index (χ0) is 13.7. The van der Waals surface area contributed by atoms with Crippen LogP contribution >= 0.6 is 0 Å². The molecule has 0 aromatic carbocycles. The number of methoxy groups -OCH3 is 1. The Bertz CT molecular complexity index is 362. The second kappa shape index (κ2) is 6.24. The maximum atomic E-state index is 12.2. The molecule has 6 nitrogen and oxygen atoms in total. The smallest absolute Gasteiger partial charge is 0.328 e. The number of ether oxygens (including phenoxy) is 2. The highest BCUT2D eigenvalue weighted by molar-refractivity contribution is 5.87. The Labute approximate surface area is 106 Å². The van der Waals surface area contributed by atoms with Crippen LogP contribution in [0.2, 0.25) is 0 Å². The number of carbonyl (C=O) groups excluding carboxylic acids is 2. The Hall–Kier alpha value is -1.77. The average molecular weight is 254 g/mol. The van der Waals surface area contributed by atoms with Crippen LogP contribution in [0.25, 0.3) is 0 Å². The van der Waals surface area contributed by atoms with Gasteiger partial charge in [-0.2, -0.15) is 5.26 Å². The maximum absolute atomic E-state index is 12.2. The van der Waals surface area contributed by atoms with Crippen molar-refractivity contribution in [1.29, 1.82) is 5.26 Å².